The van der Waals surface area contributed by atoms with Gasteiger partial charge in [-0.2, -0.15) is 0 Å². The molecular weight excluding hydrogens is 350 g/mol. The monoisotopic (exact) mass is 385 g/mol. The first-order valence-corrected chi connectivity index (χ1v) is 9.62. The zero-order valence-corrected chi connectivity index (χ0v) is 17.5. The maximum atomic E-state index is 12.7. The Balaban J connectivity index is 2.45. The van der Waals surface area contributed by atoms with Crippen LogP contribution in [0.15, 0.2) is 0 Å². The minimum absolute atomic E-state index is 0.101. The third-order valence-corrected chi connectivity index (χ3v) is 3.74. The minimum Gasteiger partial charge on any atom is -0.444 e. The van der Waals surface area contributed by atoms with E-state index in [1.54, 1.807) is 46.4 Å². The molecule has 0 aromatic heterocycles. The molecule has 1 aliphatic rings. The molecule has 1 heterocycles. The zero-order valence-electron chi connectivity index (χ0n) is 17.5. The predicted octanol–water partition coefficient (Wildman–Crippen LogP) is 2.81. The summed E-state index contributed by atoms with van der Waals surface area (Å²) in [6.45, 7) is 12.4. The molecule has 27 heavy (non-hydrogen) atoms. The highest BCUT2D eigenvalue weighted by Crippen LogP contribution is 2.14. The summed E-state index contributed by atoms with van der Waals surface area (Å²) in [5.41, 5.74) is -1.14. The fraction of sp³-hybridized carbons (Fsp3) is 0.842. The number of nitrogens with one attached hydrogen (secondary N) is 2. The van der Waals surface area contributed by atoms with Crippen LogP contribution in [0.1, 0.15) is 67.2 Å². The van der Waals surface area contributed by atoms with Crippen LogP contribution in [0.5, 0.6) is 0 Å². The van der Waals surface area contributed by atoms with Crippen molar-refractivity contribution in [2.45, 2.75) is 84.5 Å². The van der Waals surface area contributed by atoms with Gasteiger partial charge in [0.1, 0.15) is 17.2 Å². The number of rotatable bonds is 5. The molecule has 0 bridgehead atoms. The molecule has 0 aromatic carbocycles. The van der Waals surface area contributed by atoms with Crippen LogP contribution in [0.2, 0.25) is 0 Å². The van der Waals surface area contributed by atoms with Gasteiger partial charge in [0.25, 0.3) is 0 Å². The van der Waals surface area contributed by atoms with Gasteiger partial charge in [0.05, 0.1) is 0 Å². The number of hydrogen-bond acceptors (Lipinski definition) is 5. The van der Waals surface area contributed by atoms with Crippen LogP contribution in [0.25, 0.3) is 0 Å². The van der Waals surface area contributed by atoms with E-state index < -0.39 is 29.4 Å². The number of carbonyl (C=O) groups excluding carboxylic acids is 3. The molecule has 156 valence electrons. The van der Waals surface area contributed by atoms with Gasteiger partial charge in [-0.05, 0) is 67.2 Å². The Morgan fingerprint density at radius 3 is 2.22 bits per heavy atom. The van der Waals surface area contributed by atoms with Gasteiger partial charge < -0.3 is 25.0 Å². The summed E-state index contributed by atoms with van der Waals surface area (Å²) < 4.78 is 10.4. The quantitative estimate of drug-likeness (QED) is 0.709. The van der Waals surface area contributed by atoms with Crippen LogP contribution in [0.4, 0.5) is 9.59 Å². The Morgan fingerprint density at radius 2 is 1.63 bits per heavy atom. The second kappa shape index (κ2) is 9.80. The van der Waals surface area contributed by atoms with Crippen LogP contribution in [0.3, 0.4) is 0 Å². The lowest BCUT2D eigenvalue weighted by molar-refractivity contribution is -0.133. The molecular formula is C19H35N3O5. The van der Waals surface area contributed by atoms with Crippen molar-refractivity contribution in [2.24, 2.45) is 0 Å². The summed E-state index contributed by atoms with van der Waals surface area (Å²) in [7, 11) is 0. The Morgan fingerprint density at radius 1 is 1.04 bits per heavy atom. The molecule has 0 aromatic rings. The van der Waals surface area contributed by atoms with E-state index in [9.17, 15) is 14.4 Å². The first-order valence-electron chi connectivity index (χ1n) is 9.62. The lowest BCUT2D eigenvalue weighted by Crippen LogP contribution is -2.49. The highest BCUT2D eigenvalue weighted by Gasteiger charge is 2.29. The molecule has 1 atom stereocenters. The zero-order chi connectivity index (χ0) is 20.7. The van der Waals surface area contributed by atoms with E-state index in [1.165, 1.54) is 0 Å². The van der Waals surface area contributed by atoms with E-state index in [1.807, 2.05) is 0 Å². The molecule has 3 amide bonds. The number of alkyl carbamates (subject to hydrolysis) is 2. The highest BCUT2D eigenvalue weighted by molar-refractivity contribution is 5.86. The second-order valence-corrected chi connectivity index (χ2v) is 8.80. The SMILES string of the molecule is CC(C)(C)OC(=O)NCCCN1CCCC[C@H](NC(=O)OC(C)(C)C)C1=O. The summed E-state index contributed by atoms with van der Waals surface area (Å²) in [6, 6.07) is -0.568. The molecule has 1 fully saturated rings. The third-order valence-electron chi connectivity index (χ3n) is 3.74. The van der Waals surface area contributed by atoms with Crippen molar-refractivity contribution in [2.75, 3.05) is 19.6 Å². The van der Waals surface area contributed by atoms with Crippen LogP contribution in [0, 0.1) is 0 Å². The summed E-state index contributed by atoms with van der Waals surface area (Å²) >= 11 is 0. The van der Waals surface area contributed by atoms with Crippen molar-refractivity contribution in [1.29, 1.82) is 0 Å². The smallest absolute Gasteiger partial charge is 0.408 e. The fourth-order valence-electron chi connectivity index (χ4n) is 2.69. The molecule has 0 spiro atoms. The average molecular weight is 386 g/mol. The van der Waals surface area contributed by atoms with Gasteiger partial charge in [0.2, 0.25) is 5.91 Å². The highest BCUT2D eigenvalue weighted by atomic mass is 16.6. The molecule has 1 rings (SSSR count). The Labute approximate surface area is 162 Å². The maximum Gasteiger partial charge on any atom is 0.408 e. The number of amides is 3. The van der Waals surface area contributed by atoms with Gasteiger partial charge in [-0.15, -0.1) is 0 Å². The second-order valence-electron chi connectivity index (χ2n) is 8.80. The average Bonchev–Trinajstić information content (AvgIpc) is 2.63. The Kier molecular flexibility index (Phi) is 8.37. The minimum atomic E-state index is -0.606. The van der Waals surface area contributed by atoms with Gasteiger partial charge >= 0.3 is 12.2 Å². The third kappa shape index (κ3) is 10.1. The van der Waals surface area contributed by atoms with Gasteiger partial charge in [-0.25, -0.2) is 9.59 Å². The molecule has 8 nitrogen and oxygen atoms in total. The number of nitrogens with zero attached hydrogens (tertiary/aromatic N) is 1. The van der Waals surface area contributed by atoms with E-state index in [-0.39, 0.29) is 5.91 Å². The molecule has 0 aliphatic carbocycles. The van der Waals surface area contributed by atoms with Crippen molar-refractivity contribution in [3.05, 3.63) is 0 Å². The van der Waals surface area contributed by atoms with Gasteiger partial charge in [0, 0.05) is 19.6 Å². The van der Waals surface area contributed by atoms with Crippen molar-refractivity contribution < 1.29 is 23.9 Å². The summed E-state index contributed by atoms with van der Waals surface area (Å²) in [5.74, 6) is -0.101. The molecule has 0 unspecified atom stereocenters. The van der Waals surface area contributed by atoms with Crippen LogP contribution < -0.4 is 10.6 Å². The normalized spacial score (nSPS) is 18.5. The predicted molar refractivity (Wildman–Crippen MR) is 102 cm³/mol. The summed E-state index contributed by atoms with van der Waals surface area (Å²) in [4.78, 5) is 38.1. The van der Waals surface area contributed by atoms with Crippen LogP contribution >= 0.6 is 0 Å². The van der Waals surface area contributed by atoms with E-state index in [2.05, 4.69) is 10.6 Å². The number of ether oxygens (including phenoxy) is 2. The molecule has 0 saturated carbocycles. The first-order chi connectivity index (χ1) is 12.4. The number of carbonyl (C=O) groups is 3. The van der Waals surface area contributed by atoms with Crippen LogP contribution in [-0.4, -0.2) is 59.9 Å². The van der Waals surface area contributed by atoms with Gasteiger partial charge in [-0.1, -0.05) is 0 Å². The van der Waals surface area contributed by atoms with Crippen molar-refractivity contribution in [3.8, 4) is 0 Å². The Bertz CT molecular complexity index is 522. The Hall–Kier alpha value is -1.99. The standard InChI is InChI=1S/C19H35N3O5/c1-18(2,3)26-16(24)20-11-9-13-22-12-8-7-10-14(15(22)23)21-17(25)27-19(4,5)6/h14H,7-13H2,1-6H3,(H,20,24)(H,21,25)/t14-/m0/s1. The number of likely N-dealkylation sites (tertiary alicyclic amines) is 1. The van der Waals surface area contributed by atoms with Gasteiger partial charge in [-0.3, -0.25) is 4.79 Å². The summed E-state index contributed by atoms with van der Waals surface area (Å²) in [6.07, 6.45) is 1.93. The summed E-state index contributed by atoms with van der Waals surface area (Å²) in [5, 5.41) is 5.38. The lowest BCUT2D eigenvalue weighted by atomic mass is 10.1. The first kappa shape index (κ1) is 23.0. The molecule has 8 heteroatoms. The number of hydrogen-bond donors (Lipinski definition) is 2. The van der Waals surface area contributed by atoms with E-state index >= 15 is 0 Å². The molecule has 1 saturated heterocycles. The molecule has 1 aliphatic heterocycles. The maximum absolute atomic E-state index is 12.7. The topological polar surface area (TPSA) is 97.0 Å². The van der Waals surface area contributed by atoms with Crippen molar-refractivity contribution in [1.82, 2.24) is 15.5 Å². The van der Waals surface area contributed by atoms with Crippen molar-refractivity contribution >= 4 is 18.1 Å². The van der Waals surface area contributed by atoms with Gasteiger partial charge in [0.15, 0.2) is 0 Å². The fourth-order valence-corrected chi connectivity index (χ4v) is 2.69. The lowest BCUT2D eigenvalue weighted by Gasteiger charge is -2.26. The van der Waals surface area contributed by atoms with E-state index in [0.717, 1.165) is 12.8 Å². The van der Waals surface area contributed by atoms with E-state index in [0.29, 0.717) is 32.5 Å². The molecule has 2 N–H and O–H groups in total. The van der Waals surface area contributed by atoms with Crippen molar-refractivity contribution in [3.63, 3.8) is 0 Å². The molecule has 0 radical (unpaired) electrons. The largest absolute Gasteiger partial charge is 0.444 e. The van der Waals surface area contributed by atoms with E-state index in [4.69, 9.17) is 9.47 Å². The van der Waals surface area contributed by atoms with Crippen LogP contribution in [-0.2, 0) is 14.3 Å².